The number of amides is 1. The van der Waals surface area contributed by atoms with Gasteiger partial charge in [0.25, 0.3) is 5.91 Å². The number of carbonyl (C=O) groups excluding carboxylic acids is 1. The Morgan fingerprint density at radius 2 is 1.91 bits per heavy atom. The van der Waals surface area contributed by atoms with Crippen LogP contribution in [0.25, 0.3) is 11.0 Å². The minimum Gasteiger partial charge on any atom is -0.493 e. The number of carbonyl (C=O) groups is 1. The van der Waals surface area contributed by atoms with Crippen molar-refractivity contribution in [3.63, 3.8) is 0 Å². The molecule has 0 saturated carbocycles. The third-order valence-electron chi connectivity index (χ3n) is 5.97. The molecule has 4 aromatic rings. The van der Waals surface area contributed by atoms with E-state index in [1.807, 2.05) is 37.3 Å². The molecule has 1 aliphatic rings. The summed E-state index contributed by atoms with van der Waals surface area (Å²) < 4.78 is 17.2. The first kappa shape index (κ1) is 22.7. The molecule has 7 heteroatoms. The first-order chi connectivity index (χ1) is 16.9. The van der Waals surface area contributed by atoms with E-state index < -0.39 is 11.9 Å². The maximum Gasteiger partial charge on any atom is 0.295 e. The predicted octanol–water partition coefficient (Wildman–Crippen LogP) is 6.08. The molecule has 3 aromatic carbocycles. The summed E-state index contributed by atoms with van der Waals surface area (Å²) in [6, 6.07) is 17.0. The van der Waals surface area contributed by atoms with Crippen LogP contribution in [-0.2, 0) is 0 Å². The fraction of sp³-hybridized carbons (Fsp3) is 0.143. The van der Waals surface area contributed by atoms with Gasteiger partial charge < -0.3 is 13.9 Å². The first-order valence-corrected chi connectivity index (χ1v) is 11.4. The molecular weight excluding hydrogens is 466 g/mol. The van der Waals surface area contributed by atoms with Crippen LogP contribution in [0.1, 0.15) is 33.3 Å². The summed E-state index contributed by atoms with van der Waals surface area (Å²) in [6.45, 7) is 5.93. The van der Waals surface area contributed by atoms with Gasteiger partial charge in [-0.25, -0.2) is 0 Å². The van der Waals surface area contributed by atoms with Crippen molar-refractivity contribution < 1.29 is 18.7 Å². The van der Waals surface area contributed by atoms with Gasteiger partial charge in [-0.1, -0.05) is 42.5 Å². The molecule has 0 saturated heterocycles. The number of hydrogen-bond acceptors (Lipinski definition) is 5. The van der Waals surface area contributed by atoms with Crippen LogP contribution in [0.3, 0.4) is 0 Å². The molecular formula is C28H22ClNO5. The second-order valence-electron chi connectivity index (χ2n) is 8.24. The van der Waals surface area contributed by atoms with E-state index in [0.29, 0.717) is 45.3 Å². The fourth-order valence-electron chi connectivity index (χ4n) is 4.43. The summed E-state index contributed by atoms with van der Waals surface area (Å²) in [7, 11) is 1.54. The molecule has 0 spiro atoms. The molecule has 0 fully saturated rings. The molecule has 1 aliphatic heterocycles. The van der Waals surface area contributed by atoms with Crippen LogP contribution in [0.2, 0.25) is 5.02 Å². The Hall–Kier alpha value is -4.03. The van der Waals surface area contributed by atoms with Gasteiger partial charge >= 0.3 is 0 Å². The number of fused-ring (bicyclic) bond motifs is 2. The van der Waals surface area contributed by atoms with Crippen LogP contribution in [0, 0.1) is 6.92 Å². The summed E-state index contributed by atoms with van der Waals surface area (Å²) in [5.41, 5.74) is 2.57. The van der Waals surface area contributed by atoms with Crippen molar-refractivity contribution in [1.82, 2.24) is 0 Å². The van der Waals surface area contributed by atoms with Gasteiger partial charge in [0.1, 0.15) is 12.2 Å². The molecule has 35 heavy (non-hydrogen) atoms. The average molecular weight is 488 g/mol. The van der Waals surface area contributed by atoms with Gasteiger partial charge in [-0.15, -0.1) is 0 Å². The summed E-state index contributed by atoms with van der Waals surface area (Å²) in [4.78, 5) is 29.0. The van der Waals surface area contributed by atoms with Crippen molar-refractivity contribution in [1.29, 1.82) is 0 Å². The highest BCUT2D eigenvalue weighted by Gasteiger charge is 2.44. The zero-order valence-corrected chi connectivity index (χ0v) is 20.0. The maximum atomic E-state index is 13.7. The number of rotatable bonds is 6. The normalized spacial score (nSPS) is 14.8. The zero-order valence-electron chi connectivity index (χ0n) is 19.2. The van der Waals surface area contributed by atoms with Gasteiger partial charge in [-0.2, -0.15) is 0 Å². The monoisotopic (exact) mass is 487 g/mol. The lowest BCUT2D eigenvalue weighted by Gasteiger charge is -2.26. The second-order valence-corrected chi connectivity index (χ2v) is 8.68. The number of anilines is 1. The van der Waals surface area contributed by atoms with E-state index in [4.69, 9.17) is 25.5 Å². The third-order valence-corrected chi connectivity index (χ3v) is 6.21. The van der Waals surface area contributed by atoms with Crippen molar-refractivity contribution in [2.24, 2.45) is 0 Å². The van der Waals surface area contributed by atoms with Crippen LogP contribution in [-0.4, -0.2) is 19.6 Å². The number of halogens is 1. The Morgan fingerprint density at radius 1 is 1.09 bits per heavy atom. The quantitative estimate of drug-likeness (QED) is 0.308. The molecule has 6 nitrogen and oxygen atoms in total. The van der Waals surface area contributed by atoms with Gasteiger partial charge in [0, 0.05) is 10.7 Å². The number of aryl methyl sites for hydroxylation is 1. The minimum absolute atomic E-state index is 0.0160. The van der Waals surface area contributed by atoms with E-state index >= 15 is 0 Å². The highest BCUT2D eigenvalue weighted by molar-refractivity contribution is 6.31. The Bertz CT molecular complexity index is 1540. The number of ether oxygens (including phenoxy) is 2. The smallest absolute Gasteiger partial charge is 0.295 e. The minimum atomic E-state index is -0.735. The van der Waals surface area contributed by atoms with Crippen LogP contribution in [0.5, 0.6) is 11.5 Å². The predicted molar refractivity (Wildman–Crippen MR) is 136 cm³/mol. The van der Waals surface area contributed by atoms with Crippen LogP contribution in [0.15, 0.2) is 82.5 Å². The fourth-order valence-corrected chi connectivity index (χ4v) is 4.60. The van der Waals surface area contributed by atoms with E-state index in [-0.39, 0.29) is 16.8 Å². The second kappa shape index (κ2) is 8.96. The highest BCUT2D eigenvalue weighted by Crippen LogP contribution is 2.43. The Morgan fingerprint density at radius 3 is 2.66 bits per heavy atom. The molecule has 5 rings (SSSR count). The first-order valence-electron chi connectivity index (χ1n) is 11.0. The van der Waals surface area contributed by atoms with Crippen LogP contribution >= 0.6 is 11.6 Å². The molecule has 0 aliphatic carbocycles. The van der Waals surface area contributed by atoms with E-state index in [9.17, 15) is 9.59 Å². The van der Waals surface area contributed by atoms with E-state index in [1.165, 1.54) is 7.11 Å². The Labute approximate surface area is 207 Å². The molecule has 1 atom stereocenters. The third kappa shape index (κ3) is 3.86. The van der Waals surface area contributed by atoms with Crippen molar-refractivity contribution in [2.75, 3.05) is 18.6 Å². The number of benzene rings is 3. The lowest BCUT2D eigenvalue weighted by atomic mass is 9.97. The van der Waals surface area contributed by atoms with Gasteiger partial charge in [-0.3, -0.25) is 14.5 Å². The zero-order chi connectivity index (χ0) is 24.7. The summed E-state index contributed by atoms with van der Waals surface area (Å²) in [5, 5.41) is 0.726. The molecule has 0 N–H and O–H groups in total. The molecule has 0 radical (unpaired) electrons. The molecule has 2 heterocycles. The number of methoxy groups -OCH3 is 1. The largest absolute Gasteiger partial charge is 0.493 e. The van der Waals surface area contributed by atoms with Gasteiger partial charge in [0.05, 0.1) is 24.1 Å². The molecule has 1 amide bonds. The van der Waals surface area contributed by atoms with E-state index in [2.05, 4.69) is 6.58 Å². The van der Waals surface area contributed by atoms with Crippen LogP contribution < -0.4 is 19.8 Å². The standard InChI is InChI=1S/C28H22ClNO5/c1-4-12-34-22-10-8-17(14-23(22)33-3)25-24-26(31)20-15-18(29)9-11-21(20)35-27(24)28(32)30(25)19-7-5-6-16(2)13-19/h4-11,13-15,25H,1,12H2,2-3H3. The van der Waals surface area contributed by atoms with Crippen molar-refractivity contribution in [3.8, 4) is 11.5 Å². The van der Waals surface area contributed by atoms with Gasteiger partial charge in [0.2, 0.25) is 5.76 Å². The molecule has 1 aromatic heterocycles. The van der Waals surface area contributed by atoms with E-state index in [1.54, 1.807) is 41.3 Å². The molecule has 1 unspecified atom stereocenters. The van der Waals surface area contributed by atoms with Crippen molar-refractivity contribution >= 4 is 34.2 Å². The molecule has 0 bridgehead atoms. The van der Waals surface area contributed by atoms with Gasteiger partial charge in [-0.05, 0) is 60.5 Å². The van der Waals surface area contributed by atoms with Crippen molar-refractivity contribution in [2.45, 2.75) is 13.0 Å². The lowest BCUT2D eigenvalue weighted by Crippen LogP contribution is -2.29. The van der Waals surface area contributed by atoms with Gasteiger partial charge in [0.15, 0.2) is 16.9 Å². The Kier molecular flexibility index (Phi) is 5.83. The van der Waals surface area contributed by atoms with E-state index in [0.717, 1.165) is 5.56 Å². The summed E-state index contributed by atoms with van der Waals surface area (Å²) in [6.07, 6.45) is 1.64. The van der Waals surface area contributed by atoms with Crippen LogP contribution in [0.4, 0.5) is 5.69 Å². The maximum absolute atomic E-state index is 13.7. The summed E-state index contributed by atoms with van der Waals surface area (Å²) in [5.74, 6) is 0.626. The molecule has 176 valence electrons. The average Bonchev–Trinajstić information content (AvgIpc) is 3.15. The number of hydrogen-bond donors (Lipinski definition) is 0. The Balaban J connectivity index is 1.77. The topological polar surface area (TPSA) is 69.0 Å². The van der Waals surface area contributed by atoms with Crippen molar-refractivity contribution in [3.05, 3.63) is 111 Å². The number of nitrogens with zero attached hydrogens (tertiary/aromatic N) is 1. The highest BCUT2D eigenvalue weighted by atomic mass is 35.5. The summed E-state index contributed by atoms with van der Waals surface area (Å²) >= 11 is 6.17. The SMILES string of the molecule is C=CCOc1ccc(C2c3c(oc4ccc(Cl)cc4c3=O)C(=O)N2c2cccc(C)c2)cc1OC. The lowest BCUT2D eigenvalue weighted by molar-refractivity contribution is 0.0971.